The van der Waals surface area contributed by atoms with Crippen LogP contribution in [0.25, 0.3) is 21.8 Å². The highest BCUT2D eigenvalue weighted by molar-refractivity contribution is 6.33. The van der Waals surface area contributed by atoms with Gasteiger partial charge in [-0.05, 0) is 31.5 Å². The van der Waals surface area contributed by atoms with Crippen LogP contribution in [0.2, 0.25) is 5.02 Å². The second-order valence-electron chi connectivity index (χ2n) is 10.5. The number of carbonyl (C=O) groups is 1. The molecule has 2 fully saturated rings. The Morgan fingerprint density at radius 1 is 1.27 bits per heavy atom. The number of pyridine rings is 1. The minimum atomic E-state index is -0.653. The SMILES string of the molecule is C=CC(=O)N1CCN(c2nc(OC[C@@H]3C[C@@H](C)CN3C)nc3c(Oc4c(Cl)c(F)cc5[nH]ncc45)nccc23)CC1. The highest BCUT2D eigenvalue weighted by Gasteiger charge is 2.29. The van der Waals surface area contributed by atoms with Crippen molar-refractivity contribution in [1.29, 1.82) is 0 Å². The van der Waals surface area contributed by atoms with Crippen LogP contribution in [-0.2, 0) is 4.79 Å². The number of piperazine rings is 1. The van der Waals surface area contributed by atoms with Crippen molar-refractivity contribution in [3.05, 3.63) is 48.0 Å². The number of aromatic nitrogens is 5. The number of H-pyrrole nitrogens is 1. The minimum absolute atomic E-state index is 0.0798. The lowest BCUT2D eigenvalue weighted by atomic mass is 10.1. The van der Waals surface area contributed by atoms with Crippen molar-refractivity contribution in [3.63, 3.8) is 0 Å². The Morgan fingerprint density at radius 2 is 2.07 bits per heavy atom. The third-order valence-corrected chi connectivity index (χ3v) is 8.05. The molecule has 5 heterocycles. The molecule has 0 aliphatic carbocycles. The van der Waals surface area contributed by atoms with Crippen LogP contribution < -0.4 is 14.4 Å². The van der Waals surface area contributed by atoms with Crippen LogP contribution in [0.3, 0.4) is 0 Å². The van der Waals surface area contributed by atoms with Crippen LogP contribution in [0, 0.1) is 11.7 Å². The maximum atomic E-state index is 14.6. The number of fused-ring (bicyclic) bond motifs is 2. The summed E-state index contributed by atoms with van der Waals surface area (Å²) in [7, 11) is 2.09. The fourth-order valence-electron chi connectivity index (χ4n) is 5.57. The molecule has 2 atom stereocenters. The fourth-order valence-corrected chi connectivity index (χ4v) is 5.76. The van der Waals surface area contributed by atoms with E-state index in [0.29, 0.717) is 66.3 Å². The van der Waals surface area contributed by atoms with Gasteiger partial charge in [0, 0.05) is 51.0 Å². The number of hydrogen-bond acceptors (Lipinski definition) is 9. The Morgan fingerprint density at radius 3 is 2.80 bits per heavy atom. The number of carbonyl (C=O) groups excluding carboxylic acids is 1. The highest BCUT2D eigenvalue weighted by atomic mass is 35.5. The average molecular weight is 581 g/mol. The van der Waals surface area contributed by atoms with Gasteiger partial charge < -0.3 is 19.3 Å². The second-order valence-corrected chi connectivity index (χ2v) is 10.9. The van der Waals surface area contributed by atoms with E-state index in [2.05, 4.69) is 45.5 Å². The predicted molar refractivity (Wildman–Crippen MR) is 153 cm³/mol. The number of benzene rings is 1. The number of likely N-dealkylation sites (N-methyl/N-ethyl adjacent to an activating group) is 1. The molecule has 41 heavy (non-hydrogen) atoms. The molecule has 1 aromatic carbocycles. The summed E-state index contributed by atoms with van der Waals surface area (Å²) in [5.41, 5.74) is 0.825. The first-order valence-electron chi connectivity index (χ1n) is 13.5. The van der Waals surface area contributed by atoms with E-state index in [1.807, 2.05) is 0 Å². The van der Waals surface area contributed by atoms with E-state index in [1.54, 1.807) is 17.2 Å². The van der Waals surface area contributed by atoms with Gasteiger partial charge in [-0.2, -0.15) is 15.1 Å². The smallest absolute Gasteiger partial charge is 0.319 e. The van der Waals surface area contributed by atoms with E-state index in [9.17, 15) is 9.18 Å². The van der Waals surface area contributed by atoms with Crippen LogP contribution in [0.15, 0.2) is 37.2 Å². The fraction of sp³-hybridized carbons (Fsp3) is 0.393. The van der Waals surface area contributed by atoms with E-state index in [1.165, 1.54) is 18.3 Å². The van der Waals surface area contributed by atoms with Crippen LogP contribution >= 0.6 is 11.6 Å². The van der Waals surface area contributed by atoms with Gasteiger partial charge in [0.05, 0.1) is 22.5 Å². The van der Waals surface area contributed by atoms with Gasteiger partial charge in [0.25, 0.3) is 0 Å². The van der Waals surface area contributed by atoms with Crippen molar-refractivity contribution in [2.24, 2.45) is 5.92 Å². The van der Waals surface area contributed by atoms with Gasteiger partial charge in [0.1, 0.15) is 28.8 Å². The first-order chi connectivity index (χ1) is 19.8. The summed E-state index contributed by atoms with van der Waals surface area (Å²) < 4.78 is 27.0. The zero-order valence-electron chi connectivity index (χ0n) is 22.8. The zero-order valence-corrected chi connectivity index (χ0v) is 23.6. The third kappa shape index (κ3) is 5.24. The number of likely N-dealkylation sites (tertiary alicyclic amines) is 1. The number of nitrogens with one attached hydrogen (secondary N) is 1. The summed E-state index contributed by atoms with van der Waals surface area (Å²) >= 11 is 6.33. The van der Waals surface area contributed by atoms with Gasteiger partial charge in [0.2, 0.25) is 11.8 Å². The van der Waals surface area contributed by atoms with E-state index < -0.39 is 5.82 Å². The van der Waals surface area contributed by atoms with Crippen molar-refractivity contribution in [1.82, 2.24) is 34.9 Å². The lowest BCUT2D eigenvalue weighted by molar-refractivity contribution is -0.126. The van der Waals surface area contributed by atoms with Crippen molar-refractivity contribution in [2.45, 2.75) is 19.4 Å². The summed E-state index contributed by atoms with van der Waals surface area (Å²) in [6.07, 6.45) is 5.44. The van der Waals surface area contributed by atoms with Crippen molar-refractivity contribution in [3.8, 4) is 17.6 Å². The van der Waals surface area contributed by atoms with Crippen molar-refractivity contribution in [2.75, 3.05) is 51.3 Å². The lowest BCUT2D eigenvalue weighted by Crippen LogP contribution is -2.48. The van der Waals surface area contributed by atoms with E-state index in [-0.39, 0.29) is 34.6 Å². The molecule has 13 heteroatoms. The van der Waals surface area contributed by atoms with Crippen LogP contribution in [-0.4, -0.2) is 93.3 Å². The predicted octanol–water partition coefficient (Wildman–Crippen LogP) is 4.04. The third-order valence-electron chi connectivity index (χ3n) is 7.70. The number of nitrogens with zero attached hydrogens (tertiary/aromatic N) is 7. The molecule has 3 aromatic heterocycles. The molecule has 2 aliphatic heterocycles. The maximum absolute atomic E-state index is 14.6. The number of rotatable bonds is 7. The zero-order chi connectivity index (χ0) is 28.7. The van der Waals surface area contributed by atoms with Crippen LogP contribution in [0.5, 0.6) is 17.6 Å². The van der Waals surface area contributed by atoms with Crippen LogP contribution in [0.1, 0.15) is 13.3 Å². The number of hydrogen-bond donors (Lipinski definition) is 1. The molecule has 11 nitrogen and oxygen atoms in total. The topological polar surface area (TPSA) is 113 Å². The quantitative estimate of drug-likeness (QED) is 0.324. The Labute approximate surface area is 240 Å². The standard InChI is InChI=1S/C28H30ClFN8O3/c1-4-22(39)37-7-9-38(10-8-37)26-18-5-6-31-27(41-25-19-13-32-35-21(19)12-20(30)23(25)29)24(18)33-28(34-26)40-15-17-11-16(2)14-36(17)3/h4-6,12-13,16-17H,1,7-11,14-15H2,2-3H3,(H,32,35)/t16-,17+/m1/s1. The molecule has 4 aromatic rings. The molecule has 2 aliphatic rings. The Balaban J connectivity index is 1.39. The van der Waals surface area contributed by atoms with E-state index in [0.717, 1.165) is 13.0 Å². The van der Waals surface area contributed by atoms with Gasteiger partial charge in [-0.25, -0.2) is 9.37 Å². The van der Waals surface area contributed by atoms with Gasteiger partial charge in [0.15, 0.2) is 5.75 Å². The van der Waals surface area contributed by atoms with E-state index >= 15 is 0 Å². The average Bonchev–Trinajstić information content (AvgIpc) is 3.58. The first kappa shape index (κ1) is 27.2. The molecule has 1 N–H and O–H groups in total. The normalized spacial score (nSPS) is 19.7. The Bertz CT molecular complexity index is 1620. The lowest BCUT2D eigenvalue weighted by Gasteiger charge is -2.35. The number of ether oxygens (including phenoxy) is 2. The number of aromatic amines is 1. The molecular weight excluding hydrogens is 551 g/mol. The first-order valence-corrected chi connectivity index (χ1v) is 13.8. The molecule has 6 rings (SSSR count). The molecule has 1 amide bonds. The molecule has 0 bridgehead atoms. The molecule has 214 valence electrons. The molecular formula is C28H30ClFN8O3. The summed E-state index contributed by atoms with van der Waals surface area (Å²) in [4.78, 5) is 32.2. The van der Waals surface area contributed by atoms with E-state index in [4.69, 9.17) is 31.0 Å². The van der Waals surface area contributed by atoms with Gasteiger partial charge in [-0.3, -0.25) is 14.8 Å². The monoisotopic (exact) mass is 580 g/mol. The maximum Gasteiger partial charge on any atom is 0.319 e. The Kier molecular flexibility index (Phi) is 7.35. The van der Waals surface area contributed by atoms with Gasteiger partial charge >= 0.3 is 6.01 Å². The molecule has 0 saturated carbocycles. The number of anilines is 1. The summed E-state index contributed by atoms with van der Waals surface area (Å²) in [5, 5.41) is 7.72. The van der Waals surface area contributed by atoms with Gasteiger partial charge in [-0.1, -0.05) is 25.1 Å². The molecule has 0 unspecified atom stereocenters. The minimum Gasteiger partial charge on any atom is -0.462 e. The molecule has 0 spiro atoms. The summed E-state index contributed by atoms with van der Waals surface area (Å²) in [6.45, 7) is 9.39. The second kappa shape index (κ2) is 11.1. The summed E-state index contributed by atoms with van der Waals surface area (Å²) in [5.74, 6) is 0.661. The Hall–Kier alpha value is -4.03. The molecule has 0 radical (unpaired) electrons. The number of amides is 1. The molecule has 2 saturated heterocycles. The summed E-state index contributed by atoms with van der Waals surface area (Å²) in [6, 6.07) is 3.49. The highest BCUT2D eigenvalue weighted by Crippen LogP contribution is 2.40. The van der Waals surface area contributed by atoms with Crippen molar-refractivity contribution < 1.29 is 18.7 Å². The largest absolute Gasteiger partial charge is 0.462 e. The van der Waals surface area contributed by atoms with Crippen molar-refractivity contribution >= 4 is 45.1 Å². The van der Waals surface area contributed by atoms with Gasteiger partial charge in [-0.15, -0.1) is 0 Å². The number of halogens is 2. The van der Waals surface area contributed by atoms with Crippen LogP contribution in [0.4, 0.5) is 10.2 Å².